The summed E-state index contributed by atoms with van der Waals surface area (Å²) < 4.78 is 5.85. The highest BCUT2D eigenvalue weighted by Crippen LogP contribution is 2.31. The van der Waals surface area contributed by atoms with Gasteiger partial charge in [-0.2, -0.15) is 0 Å². The van der Waals surface area contributed by atoms with Crippen molar-refractivity contribution >= 4 is 5.97 Å². The minimum atomic E-state index is -0.927. The van der Waals surface area contributed by atoms with Gasteiger partial charge in [-0.1, -0.05) is 12.8 Å². The molecule has 15 heavy (non-hydrogen) atoms. The van der Waals surface area contributed by atoms with Crippen LogP contribution < -0.4 is 0 Å². The first-order valence-corrected chi connectivity index (χ1v) is 5.72. The molecule has 1 aliphatic heterocycles. The van der Waals surface area contributed by atoms with Crippen LogP contribution in [0.1, 0.15) is 32.1 Å². The largest absolute Gasteiger partial charge is 0.479 e. The summed E-state index contributed by atoms with van der Waals surface area (Å²) in [6.07, 6.45) is 5.20. The molecule has 0 bridgehead atoms. The summed E-state index contributed by atoms with van der Waals surface area (Å²) in [5.41, 5.74) is -0.927. The van der Waals surface area contributed by atoms with E-state index in [4.69, 9.17) is 4.74 Å². The molecule has 1 saturated heterocycles. The normalized spacial score (nSPS) is 33.7. The Bertz CT molecular complexity index is 250. The first-order valence-electron chi connectivity index (χ1n) is 5.72. The van der Waals surface area contributed by atoms with Crippen molar-refractivity contribution in [3.63, 3.8) is 0 Å². The quantitative estimate of drug-likeness (QED) is 0.763. The molecular weight excluding hydrogens is 194 g/mol. The first-order chi connectivity index (χ1) is 7.12. The predicted molar refractivity (Wildman–Crippen MR) is 55.8 cm³/mol. The van der Waals surface area contributed by atoms with Crippen LogP contribution in [-0.2, 0) is 9.53 Å². The monoisotopic (exact) mass is 213 g/mol. The van der Waals surface area contributed by atoms with Crippen LogP contribution in [0.15, 0.2) is 0 Å². The summed E-state index contributed by atoms with van der Waals surface area (Å²) in [7, 11) is 1.95. The van der Waals surface area contributed by atoms with Gasteiger partial charge >= 0.3 is 5.97 Å². The zero-order valence-electron chi connectivity index (χ0n) is 9.24. The molecule has 0 aromatic carbocycles. The number of likely N-dealkylation sites (tertiary alicyclic amines) is 1. The Morgan fingerprint density at radius 3 is 2.60 bits per heavy atom. The molecule has 1 aliphatic carbocycles. The lowest BCUT2D eigenvalue weighted by atomic mass is 10.0. The molecule has 4 heteroatoms. The third-order valence-corrected chi connectivity index (χ3v) is 3.51. The standard InChI is InChI=1S/C11H19NO3/c1-12-7-6-11(8-12,10(13)14)15-9-4-2-3-5-9/h9H,2-8H2,1H3,(H,13,14). The predicted octanol–water partition coefficient (Wildman–Crippen LogP) is 1.10. The molecule has 1 heterocycles. The lowest BCUT2D eigenvalue weighted by Gasteiger charge is -2.28. The van der Waals surface area contributed by atoms with E-state index in [2.05, 4.69) is 0 Å². The molecule has 0 amide bonds. The van der Waals surface area contributed by atoms with Crippen molar-refractivity contribution in [3.05, 3.63) is 0 Å². The molecule has 1 atom stereocenters. The van der Waals surface area contributed by atoms with E-state index in [0.717, 1.165) is 19.4 Å². The Morgan fingerprint density at radius 1 is 1.47 bits per heavy atom. The summed E-state index contributed by atoms with van der Waals surface area (Å²) in [6.45, 7) is 1.35. The minimum Gasteiger partial charge on any atom is -0.479 e. The van der Waals surface area contributed by atoms with Gasteiger partial charge in [-0.05, 0) is 19.9 Å². The second kappa shape index (κ2) is 4.10. The molecule has 0 radical (unpaired) electrons. The van der Waals surface area contributed by atoms with Crippen LogP contribution in [0, 0.1) is 0 Å². The number of carboxylic acid groups (broad SMARTS) is 1. The summed E-state index contributed by atoms with van der Waals surface area (Å²) >= 11 is 0. The molecular formula is C11H19NO3. The summed E-state index contributed by atoms with van der Waals surface area (Å²) in [5.74, 6) is -0.793. The molecule has 0 aromatic heterocycles. The molecule has 0 spiro atoms. The zero-order valence-corrected chi connectivity index (χ0v) is 9.24. The van der Waals surface area contributed by atoms with Crippen molar-refractivity contribution in [1.29, 1.82) is 0 Å². The Balaban J connectivity index is 2.02. The molecule has 1 unspecified atom stereocenters. The SMILES string of the molecule is CN1CCC(OC2CCCC2)(C(=O)O)C1. The minimum absolute atomic E-state index is 0.174. The Kier molecular flexibility index (Phi) is 2.98. The zero-order chi connectivity index (χ0) is 10.9. The van der Waals surface area contributed by atoms with E-state index >= 15 is 0 Å². The van der Waals surface area contributed by atoms with E-state index < -0.39 is 11.6 Å². The fourth-order valence-electron chi connectivity index (χ4n) is 2.61. The van der Waals surface area contributed by atoms with Crippen molar-refractivity contribution < 1.29 is 14.6 Å². The van der Waals surface area contributed by atoms with Crippen LogP contribution in [0.2, 0.25) is 0 Å². The number of hydrogen-bond donors (Lipinski definition) is 1. The van der Waals surface area contributed by atoms with Crippen molar-refractivity contribution in [1.82, 2.24) is 4.90 Å². The third kappa shape index (κ3) is 2.16. The maximum absolute atomic E-state index is 11.3. The fourth-order valence-corrected chi connectivity index (χ4v) is 2.61. The maximum Gasteiger partial charge on any atom is 0.337 e. The van der Waals surface area contributed by atoms with Crippen molar-refractivity contribution in [2.75, 3.05) is 20.1 Å². The number of aliphatic carboxylic acids is 1. The maximum atomic E-state index is 11.3. The van der Waals surface area contributed by atoms with Gasteiger partial charge in [0.15, 0.2) is 5.60 Å². The molecule has 86 valence electrons. The average Bonchev–Trinajstić information content (AvgIpc) is 2.77. The molecule has 0 aromatic rings. The van der Waals surface area contributed by atoms with Gasteiger partial charge in [0.05, 0.1) is 6.10 Å². The highest BCUT2D eigenvalue weighted by atomic mass is 16.5. The highest BCUT2D eigenvalue weighted by Gasteiger charge is 2.46. The van der Waals surface area contributed by atoms with Gasteiger partial charge in [0.25, 0.3) is 0 Å². The van der Waals surface area contributed by atoms with Crippen LogP contribution >= 0.6 is 0 Å². The molecule has 2 fully saturated rings. The Hall–Kier alpha value is -0.610. The number of nitrogens with zero attached hydrogens (tertiary/aromatic N) is 1. The first kappa shape index (κ1) is 10.9. The van der Waals surface area contributed by atoms with Crippen molar-refractivity contribution in [3.8, 4) is 0 Å². The molecule has 1 saturated carbocycles. The lowest BCUT2D eigenvalue weighted by molar-refractivity contribution is -0.171. The van der Waals surface area contributed by atoms with E-state index in [-0.39, 0.29) is 6.10 Å². The Labute approximate surface area is 90.2 Å². The third-order valence-electron chi connectivity index (χ3n) is 3.51. The number of carbonyl (C=O) groups is 1. The molecule has 2 rings (SSSR count). The van der Waals surface area contributed by atoms with E-state index in [9.17, 15) is 9.90 Å². The van der Waals surface area contributed by atoms with Crippen molar-refractivity contribution in [2.45, 2.75) is 43.8 Å². The highest BCUT2D eigenvalue weighted by molar-refractivity contribution is 5.78. The van der Waals surface area contributed by atoms with Crippen LogP contribution in [0.25, 0.3) is 0 Å². The summed E-state index contributed by atoms with van der Waals surface area (Å²) in [5, 5.41) is 9.29. The number of ether oxygens (including phenoxy) is 1. The second-order valence-corrected chi connectivity index (χ2v) is 4.81. The average molecular weight is 213 g/mol. The number of likely N-dealkylation sites (N-methyl/N-ethyl adjacent to an activating group) is 1. The molecule has 1 N–H and O–H groups in total. The van der Waals surface area contributed by atoms with E-state index in [0.29, 0.717) is 13.0 Å². The van der Waals surface area contributed by atoms with Crippen LogP contribution in [0.4, 0.5) is 0 Å². The Morgan fingerprint density at radius 2 is 2.13 bits per heavy atom. The smallest absolute Gasteiger partial charge is 0.337 e. The number of carboxylic acids is 1. The van der Waals surface area contributed by atoms with Gasteiger partial charge < -0.3 is 14.7 Å². The van der Waals surface area contributed by atoms with Crippen LogP contribution in [-0.4, -0.2) is 47.8 Å². The lowest BCUT2D eigenvalue weighted by Crippen LogP contribution is -2.46. The van der Waals surface area contributed by atoms with Gasteiger partial charge in [-0.3, -0.25) is 0 Å². The van der Waals surface area contributed by atoms with E-state index in [1.807, 2.05) is 11.9 Å². The van der Waals surface area contributed by atoms with Gasteiger partial charge in [0.2, 0.25) is 0 Å². The van der Waals surface area contributed by atoms with E-state index in [1.165, 1.54) is 12.8 Å². The topological polar surface area (TPSA) is 49.8 Å². The van der Waals surface area contributed by atoms with E-state index in [1.54, 1.807) is 0 Å². The summed E-state index contributed by atoms with van der Waals surface area (Å²) in [4.78, 5) is 13.3. The van der Waals surface area contributed by atoms with Crippen LogP contribution in [0.5, 0.6) is 0 Å². The van der Waals surface area contributed by atoms with Gasteiger partial charge in [-0.15, -0.1) is 0 Å². The summed E-state index contributed by atoms with van der Waals surface area (Å²) in [6, 6.07) is 0. The fraction of sp³-hybridized carbons (Fsp3) is 0.909. The van der Waals surface area contributed by atoms with Gasteiger partial charge in [0.1, 0.15) is 0 Å². The molecule has 2 aliphatic rings. The molecule has 4 nitrogen and oxygen atoms in total. The van der Waals surface area contributed by atoms with Crippen molar-refractivity contribution in [2.24, 2.45) is 0 Å². The number of rotatable bonds is 3. The number of hydrogen-bond acceptors (Lipinski definition) is 3. The van der Waals surface area contributed by atoms with Gasteiger partial charge in [0, 0.05) is 19.5 Å². The second-order valence-electron chi connectivity index (χ2n) is 4.81. The van der Waals surface area contributed by atoms with Crippen LogP contribution in [0.3, 0.4) is 0 Å². The van der Waals surface area contributed by atoms with Gasteiger partial charge in [-0.25, -0.2) is 4.79 Å².